The fourth-order valence-corrected chi connectivity index (χ4v) is 3.70. The van der Waals surface area contributed by atoms with Crippen molar-refractivity contribution < 1.29 is 0 Å². The number of anilines is 1. The molecule has 1 aromatic carbocycles. The van der Waals surface area contributed by atoms with E-state index in [0.717, 1.165) is 18.2 Å². The summed E-state index contributed by atoms with van der Waals surface area (Å²) in [6, 6.07) is 15.5. The van der Waals surface area contributed by atoms with Gasteiger partial charge in [0.15, 0.2) is 5.96 Å². The van der Waals surface area contributed by atoms with E-state index in [4.69, 9.17) is 4.99 Å². The van der Waals surface area contributed by atoms with Gasteiger partial charge in [-0.2, -0.15) is 0 Å². The van der Waals surface area contributed by atoms with Gasteiger partial charge in [-0.15, -0.1) is 24.0 Å². The lowest BCUT2D eigenvalue weighted by Gasteiger charge is -2.33. The number of rotatable bonds is 7. The Labute approximate surface area is 192 Å². The molecule has 6 heteroatoms. The lowest BCUT2D eigenvalue weighted by Crippen LogP contribution is -2.37. The van der Waals surface area contributed by atoms with E-state index in [1.165, 1.54) is 43.4 Å². The smallest absolute Gasteiger partial charge is 0.191 e. The van der Waals surface area contributed by atoms with Gasteiger partial charge in [0.25, 0.3) is 0 Å². The Kier molecular flexibility index (Phi) is 10.2. The molecule has 0 saturated heterocycles. The molecule has 1 aliphatic rings. The fraction of sp³-hybridized carbons (Fsp3) is 0.478. The first-order chi connectivity index (χ1) is 13.8. The standard InChI is InChI=1S/C23H33N5.HI/c1-3-24-23(27-18-20-9-7-8-16-25-20)26-17-19-12-14-22(15-13-19)28(2)21-10-5-4-6-11-21;/h7-9,12-16,21H,3-6,10-11,17-18H2,1-2H3,(H2,24,26,27);1H. The number of hydrogen-bond donors (Lipinski definition) is 2. The maximum Gasteiger partial charge on any atom is 0.191 e. The van der Waals surface area contributed by atoms with E-state index in [1.54, 1.807) is 0 Å². The van der Waals surface area contributed by atoms with E-state index >= 15 is 0 Å². The zero-order chi connectivity index (χ0) is 19.6. The van der Waals surface area contributed by atoms with Gasteiger partial charge in [-0.25, -0.2) is 4.99 Å². The van der Waals surface area contributed by atoms with Crippen LogP contribution in [-0.2, 0) is 13.1 Å². The van der Waals surface area contributed by atoms with Crippen LogP contribution in [0.2, 0.25) is 0 Å². The van der Waals surface area contributed by atoms with E-state index in [0.29, 0.717) is 19.1 Å². The summed E-state index contributed by atoms with van der Waals surface area (Å²) in [5, 5.41) is 6.65. The number of halogens is 1. The van der Waals surface area contributed by atoms with E-state index in [2.05, 4.69) is 58.8 Å². The zero-order valence-electron chi connectivity index (χ0n) is 17.6. The van der Waals surface area contributed by atoms with E-state index in [1.807, 2.05) is 24.4 Å². The van der Waals surface area contributed by atoms with E-state index < -0.39 is 0 Å². The molecule has 2 aromatic rings. The molecule has 2 N–H and O–H groups in total. The van der Waals surface area contributed by atoms with Crippen LogP contribution in [0.3, 0.4) is 0 Å². The molecular formula is C23H34IN5. The van der Waals surface area contributed by atoms with Crippen LogP contribution >= 0.6 is 24.0 Å². The van der Waals surface area contributed by atoms with Crippen LogP contribution < -0.4 is 15.5 Å². The highest BCUT2D eigenvalue weighted by Crippen LogP contribution is 2.26. The van der Waals surface area contributed by atoms with Crippen LogP contribution in [0, 0.1) is 0 Å². The van der Waals surface area contributed by atoms with Gasteiger partial charge in [0.05, 0.1) is 18.8 Å². The fourth-order valence-electron chi connectivity index (χ4n) is 3.70. The van der Waals surface area contributed by atoms with E-state index in [-0.39, 0.29) is 24.0 Å². The van der Waals surface area contributed by atoms with Crippen molar-refractivity contribution in [1.82, 2.24) is 15.6 Å². The molecule has 0 unspecified atom stereocenters. The van der Waals surface area contributed by atoms with Gasteiger partial charge in [-0.1, -0.05) is 37.5 Å². The zero-order valence-corrected chi connectivity index (χ0v) is 19.9. The molecule has 5 nitrogen and oxygen atoms in total. The quantitative estimate of drug-likeness (QED) is 0.324. The molecule has 1 heterocycles. The maximum atomic E-state index is 4.72. The number of aromatic nitrogens is 1. The summed E-state index contributed by atoms with van der Waals surface area (Å²) < 4.78 is 0. The summed E-state index contributed by atoms with van der Waals surface area (Å²) in [7, 11) is 2.23. The van der Waals surface area contributed by atoms with Crippen molar-refractivity contribution in [3.8, 4) is 0 Å². The van der Waals surface area contributed by atoms with Gasteiger partial charge >= 0.3 is 0 Å². The Morgan fingerprint density at radius 1 is 1.07 bits per heavy atom. The number of aliphatic imine (C=N–C) groups is 1. The van der Waals surface area contributed by atoms with Crippen LogP contribution in [-0.4, -0.2) is 30.6 Å². The summed E-state index contributed by atoms with van der Waals surface area (Å²) in [4.78, 5) is 11.5. The number of benzene rings is 1. The molecule has 0 radical (unpaired) electrons. The third-order valence-corrected chi connectivity index (χ3v) is 5.39. The summed E-state index contributed by atoms with van der Waals surface area (Å²) in [6.45, 7) is 4.23. The molecule has 0 bridgehead atoms. The molecule has 0 atom stereocenters. The van der Waals surface area contributed by atoms with Crippen molar-refractivity contribution in [2.45, 2.75) is 58.2 Å². The lowest BCUT2D eigenvalue weighted by molar-refractivity contribution is 0.427. The minimum Gasteiger partial charge on any atom is -0.372 e. The maximum absolute atomic E-state index is 4.72. The minimum atomic E-state index is 0. The first-order valence-corrected chi connectivity index (χ1v) is 10.5. The van der Waals surface area contributed by atoms with Gasteiger partial charge in [0.1, 0.15) is 0 Å². The molecule has 1 saturated carbocycles. The Balaban J connectivity index is 0.00000300. The third-order valence-electron chi connectivity index (χ3n) is 5.39. The second kappa shape index (κ2) is 12.7. The molecule has 0 aliphatic heterocycles. The summed E-state index contributed by atoms with van der Waals surface area (Å²) >= 11 is 0. The van der Waals surface area contributed by atoms with Gasteiger partial charge in [0, 0.05) is 31.5 Å². The number of nitrogens with one attached hydrogen (secondary N) is 2. The average molecular weight is 507 g/mol. The van der Waals surface area contributed by atoms with Gasteiger partial charge in [-0.05, 0) is 49.6 Å². The summed E-state index contributed by atoms with van der Waals surface area (Å²) in [5.74, 6) is 0.816. The van der Waals surface area contributed by atoms with Crippen LogP contribution in [0.25, 0.3) is 0 Å². The van der Waals surface area contributed by atoms with Crippen molar-refractivity contribution in [2.24, 2.45) is 4.99 Å². The number of guanidine groups is 1. The van der Waals surface area contributed by atoms with E-state index in [9.17, 15) is 0 Å². The molecule has 0 spiro atoms. The van der Waals surface area contributed by atoms with Crippen molar-refractivity contribution in [1.29, 1.82) is 0 Å². The molecule has 158 valence electrons. The van der Waals surface area contributed by atoms with Crippen molar-refractivity contribution >= 4 is 35.6 Å². The van der Waals surface area contributed by atoms with Crippen molar-refractivity contribution in [3.05, 3.63) is 59.9 Å². The van der Waals surface area contributed by atoms with Crippen LogP contribution in [0.5, 0.6) is 0 Å². The number of pyridine rings is 1. The monoisotopic (exact) mass is 507 g/mol. The molecule has 1 fully saturated rings. The van der Waals surface area contributed by atoms with Gasteiger partial charge in [0.2, 0.25) is 0 Å². The Bertz CT molecular complexity index is 727. The predicted octanol–water partition coefficient (Wildman–Crippen LogP) is 4.72. The normalized spacial score (nSPS) is 14.8. The summed E-state index contributed by atoms with van der Waals surface area (Å²) in [6.07, 6.45) is 8.56. The highest BCUT2D eigenvalue weighted by atomic mass is 127. The first-order valence-electron chi connectivity index (χ1n) is 10.5. The summed E-state index contributed by atoms with van der Waals surface area (Å²) in [5.41, 5.74) is 3.53. The number of hydrogen-bond acceptors (Lipinski definition) is 3. The topological polar surface area (TPSA) is 52.6 Å². The highest BCUT2D eigenvalue weighted by Gasteiger charge is 2.18. The van der Waals surface area contributed by atoms with Gasteiger partial charge < -0.3 is 15.5 Å². The number of nitrogens with zero attached hydrogens (tertiary/aromatic N) is 3. The van der Waals surface area contributed by atoms with Crippen molar-refractivity contribution in [3.63, 3.8) is 0 Å². The van der Waals surface area contributed by atoms with Gasteiger partial charge in [-0.3, -0.25) is 4.98 Å². The Morgan fingerprint density at radius 3 is 2.48 bits per heavy atom. The van der Waals surface area contributed by atoms with Crippen molar-refractivity contribution in [2.75, 3.05) is 18.5 Å². The van der Waals surface area contributed by atoms with Crippen LogP contribution in [0.15, 0.2) is 53.7 Å². The highest BCUT2D eigenvalue weighted by molar-refractivity contribution is 14.0. The van der Waals surface area contributed by atoms with Crippen LogP contribution in [0.4, 0.5) is 5.69 Å². The average Bonchev–Trinajstić information content (AvgIpc) is 2.77. The second-order valence-corrected chi connectivity index (χ2v) is 7.44. The second-order valence-electron chi connectivity index (χ2n) is 7.44. The lowest BCUT2D eigenvalue weighted by atomic mass is 9.94. The Morgan fingerprint density at radius 2 is 1.83 bits per heavy atom. The third kappa shape index (κ3) is 7.49. The molecule has 29 heavy (non-hydrogen) atoms. The molecule has 0 amide bonds. The minimum absolute atomic E-state index is 0. The van der Waals surface area contributed by atoms with Crippen LogP contribution in [0.1, 0.15) is 50.3 Å². The molecule has 1 aromatic heterocycles. The largest absolute Gasteiger partial charge is 0.372 e. The Hall–Kier alpha value is -1.83. The molecule has 1 aliphatic carbocycles. The molecule has 3 rings (SSSR count). The first kappa shape index (κ1) is 23.4. The SMILES string of the molecule is CCNC(=NCc1ccc(N(C)C2CCCCC2)cc1)NCc1ccccn1.I. The molecular weight excluding hydrogens is 473 g/mol. The predicted molar refractivity (Wildman–Crippen MR) is 133 cm³/mol.